The van der Waals surface area contributed by atoms with E-state index in [1.807, 2.05) is 33.8 Å². The first-order valence-corrected chi connectivity index (χ1v) is 8.69. The summed E-state index contributed by atoms with van der Waals surface area (Å²) in [6.45, 7) is 8.62. The van der Waals surface area contributed by atoms with Crippen LogP contribution in [0.3, 0.4) is 0 Å². The van der Waals surface area contributed by atoms with E-state index in [-0.39, 0.29) is 6.09 Å². The van der Waals surface area contributed by atoms with Crippen molar-refractivity contribution >= 4 is 11.8 Å². The van der Waals surface area contributed by atoms with Gasteiger partial charge in [0.2, 0.25) is 0 Å². The quantitative estimate of drug-likeness (QED) is 0.787. The minimum absolute atomic E-state index is 0.335. The molecule has 0 saturated heterocycles. The molecule has 1 aliphatic carbocycles. The number of benzene rings is 1. The maximum atomic E-state index is 12.5. The van der Waals surface area contributed by atoms with Crippen LogP contribution in [-0.4, -0.2) is 30.2 Å². The minimum Gasteiger partial charge on any atom is -0.443 e. The van der Waals surface area contributed by atoms with E-state index in [1.165, 1.54) is 11.3 Å². The lowest BCUT2D eigenvalue weighted by Crippen LogP contribution is -2.34. The number of para-hydroxylation sites is 1. The molecular weight excluding hydrogens is 312 g/mol. The van der Waals surface area contributed by atoms with E-state index in [0.717, 1.165) is 29.8 Å². The van der Waals surface area contributed by atoms with Crippen molar-refractivity contribution in [3.05, 3.63) is 65.0 Å². The largest absolute Gasteiger partial charge is 0.443 e. The molecule has 1 heterocycles. The molecule has 132 valence electrons. The Hall–Kier alpha value is -2.49. The van der Waals surface area contributed by atoms with Crippen molar-refractivity contribution in [1.29, 1.82) is 0 Å². The number of carbonyl (C=O) groups is 1. The number of fused-ring (bicyclic) bond motifs is 1. The zero-order valence-corrected chi connectivity index (χ0v) is 15.7. The zero-order valence-electron chi connectivity index (χ0n) is 15.7. The number of carbonyl (C=O) groups excluding carboxylic acids is 1. The van der Waals surface area contributed by atoms with Gasteiger partial charge < -0.3 is 9.64 Å². The van der Waals surface area contributed by atoms with Crippen LogP contribution in [0.15, 0.2) is 59.5 Å². The van der Waals surface area contributed by atoms with E-state index in [0.29, 0.717) is 0 Å². The molecular formula is C21H26N2O2. The molecule has 0 atom stereocenters. The Labute approximate surface area is 150 Å². The van der Waals surface area contributed by atoms with Crippen LogP contribution < -0.4 is 4.90 Å². The first kappa shape index (κ1) is 17.3. The second kappa shape index (κ2) is 6.43. The number of ether oxygens (including phenoxy) is 1. The number of allylic oxidation sites excluding steroid dienone is 3. The Bertz CT molecular complexity index is 781. The van der Waals surface area contributed by atoms with E-state index in [4.69, 9.17) is 4.74 Å². The van der Waals surface area contributed by atoms with Crippen molar-refractivity contribution in [2.24, 2.45) is 0 Å². The summed E-state index contributed by atoms with van der Waals surface area (Å²) < 4.78 is 5.52. The molecule has 0 radical (unpaired) electrons. The molecule has 4 heteroatoms. The Balaban J connectivity index is 1.85. The summed E-state index contributed by atoms with van der Waals surface area (Å²) in [5.74, 6) is 0. The first-order chi connectivity index (χ1) is 11.8. The highest BCUT2D eigenvalue weighted by Crippen LogP contribution is 2.32. The van der Waals surface area contributed by atoms with Gasteiger partial charge >= 0.3 is 6.09 Å². The third-order valence-electron chi connectivity index (χ3n) is 4.38. The van der Waals surface area contributed by atoms with Gasteiger partial charge in [-0.15, -0.1) is 0 Å². The van der Waals surface area contributed by atoms with Crippen LogP contribution in [0, 0.1) is 0 Å². The van der Waals surface area contributed by atoms with Crippen LogP contribution in [0.2, 0.25) is 0 Å². The molecule has 1 aliphatic heterocycles. The van der Waals surface area contributed by atoms with E-state index in [2.05, 4.69) is 41.4 Å². The summed E-state index contributed by atoms with van der Waals surface area (Å²) in [6.07, 6.45) is 6.95. The van der Waals surface area contributed by atoms with Gasteiger partial charge in [-0.05, 0) is 51.3 Å². The molecule has 3 rings (SSSR count). The maximum absolute atomic E-state index is 12.5. The lowest BCUT2D eigenvalue weighted by atomic mass is 10.1. The normalized spacial score (nSPS) is 18.1. The number of likely N-dealkylation sites (N-methyl/N-ethyl adjacent to an activating group) is 1. The number of rotatable bonds is 2. The number of amides is 1. The van der Waals surface area contributed by atoms with Gasteiger partial charge in [-0.1, -0.05) is 30.4 Å². The lowest BCUT2D eigenvalue weighted by Gasteiger charge is -2.27. The number of hydrogen-bond acceptors (Lipinski definition) is 3. The summed E-state index contributed by atoms with van der Waals surface area (Å²) in [5.41, 5.74) is 5.09. The topological polar surface area (TPSA) is 32.8 Å². The highest BCUT2D eigenvalue weighted by atomic mass is 16.6. The fourth-order valence-electron chi connectivity index (χ4n) is 3.25. The Morgan fingerprint density at radius 3 is 2.68 bits per heavy atom. The van der Waals surface area contributed by atoms with E-state index in [9.17, 15) is 4.79 Å². The SMILES string of the molecule is CC1=C(N(C)C(=O)OC(C)(C)C)/C(=C/N2CCc3ccccc32)C=C1. The van der Waals surface area contributed by atoms with Crippen LogP contribution in [0.1, 0.15) is 33.3 Å². The van der Waals surface area contributed by atoms with Crippen molar-refractivity contribution < 1.29 is 9.53 Å². The molecule has 0 aromatic heterocycles. The van der Waals surface area contributed by atoms with Gasteiger partial charge in [0.15, 0.2) is 0 Å². The standard InChI is InChI=1S/C21H26N2O2/c1-15-10-11-17(19(15)22(5)20(24)25-21(2,3)4)14-23-13-12-16-8-6-7-9-18(16)23/h6-11,14H,12-13H2,1-5H3/b17-14+. The van der Waals surface area contributed by atoms with Crippen molar-refractivity contribution in [2.75, 3.05) is 18.5 Å². The third-order valence-corrected chi connectivity index (χ3v) is 4.38. The van der Waals surface area contributed by atoms with Crippen LogP contribution in [-0.2, 0) is 11.2 Å². The number of nitrogens with zero attached hydrogens (tertiary/aromatic N) is 2. The van der Waals surface area contributed by atoms with Gasteiger partial charge in [-0.3, -0.25) is 4.90 Å². The zero-order chi connectivity index (χ0) is 18.2. The first-order valence-electron chi connectivity index (χ1n) is 8.69. The monoisotopic (exact) mass is 338 g/mol. The minimum atomic E-state index is -0.510. The maximum Gasteiger partial charge on any atom is 0.414 e. The lowest BCUT2D eigenvalue weighted by molar-refractivity contribution is 0.0356. The predicted molar refractivity (Wildman–Crippen MR) is 101 cm³/mol. The Morgan fingerprint density at radius 2 is 1.96 bits per heavy atom. The Morgan fingerprint density at radius 1 is 1.24 bits per heavy atom. The molecule has 1 aromatic rings. The van der Waals surface area contributed by atoms with Gasteiger partial charge in [-0.2, -0.15) is 0 Å². The van der Waals surface area contributed by atoms with E-state index in [1.54, 1.807) is 11.9 Å². The van der Waals surface area contributed by atoms with E-state index >= 15 is 0 Å². The van der Waals surface area contributed by atoms with Crippen LogP contribution in [0.4, 0.5) is 10.5 Å². The second-order valence-electron chi connectivity index (χ2n) is 7.56. The van der Waals surface area contributed by atoms with Gasteiger partial charge in [-0.25, -0.2) is 4.79 Å². The average molecular weight is 338 g/mol. The van der Waals surface area contributed by atoms with Gasteiger partial charge in [0.1, 0.15) is 5.60 Å². The molecule has 2 aliphatic rings. The third kappa shape index (κ3) is 3.63. The number of anilines is 1. The van der Waals surface area contributed by atoms with Gasteiger partial charge in [0.25, 0.3) is 0 Å². The second-order valence-corrected chi connectivity index (χ2v) is 7.56. The molecule has 0 bridgehead atoms. The summed E-state index contributed by atoms with van der Waals surface area (Å²) >= 11 is 0. The molecule has 0 fully saturated rings. The summed E-state index contributed by atoms with van der Waals surface area (Å²) in [7, 11) is 1.77. The van der Waals surface area contributed by atoms with Crippen LogP contribution in [0.5, 0.6) is 0 Å². The van der Waals surface area contributed by atoms with Crippen molar-refractivity contribution in [1.82, 2.24) is 4.90 Å². The predicted octanol–water partition coefficient (Wildman–Crippen LogP) is 4.64. The molecule has 1 aromatic carbocycles. The van der Waals surface area contributed by atoms with Crippen molar-refractivity contribution in [3.63, 3.8) is 0 Å². The molecule has 25 heavy (non-hydrogen) atoms. The highest BCUT2D eigenvalue weighted by Gasteiger charge is 2.27. The van der Waals surface area contributed by atoms with Crippen LogP contribution >= 0.6 is 0 Å². The van der Waals surface area contributed by atoms with Crippen molar-refractivity contribution in [3.8, 4) is 0 Å². The van der Waals surface area contributed by atoms with Gasteiger partial charge in [0, 0.05) is 31.1 Å². The molecule has 4 nitrogen and oxygen atoms in total. The molecule has 0 unspecified atom stereocenters. The fourth-order valence-corrected chi connectivity index (χ4v) is 3.25. The van der Waals surface area contributed by atoms with Crippen LogP contribution in [0.25, 0.3) is 0 Å². The summed E-state index contributed by atoms with van der Waals surface area (Å²) in [6, 6.07) is 8.46. The number of hydrogen-bond donors (Lipinski definition) is 0. The average Bonchev–Trinajstić information content (AvgIpc) is 3.10. The molecule has 0 saturated carbocycles. The smallest absolute Gasteiger partial charge is 0.414 e. The summed E-state index contributed by atoms with van der Waals surface area (Å²) in [5, 5.41) is 0. The van der Waals surface area contributed by atoms with Gasteiger partial charge in [0.05, 0.1) is 5.70 Å². The fraction of sp³-hybridized carbons (Fsp3) is 0.381. The molecule has 0 N–H and O–H groups in total. The van der Waals surface area contributed by atoms with E-state index < -0.39 is 5.60 Å². The summed E-state index contributed by atoms with van der Waals surface area (Å²) in [4.78, 5) is 16.3. The highest BCUT2D eigenvalue weighted by molar-refractivity contribution is 5.74. The molecule has 1 amide bonds. The van der Waals surface area contributed by atoms with Crippen molar-refractivity contribution in [2.45, 2.75) is 39.7 Å². The molecule has 0 spiro atoms. The Kier molecular flexibility index (Phi) is 4.46.